The van der Waals surface area contributed by atoms with E-state index in [1.165, 1.54) is 19.1 Å². The van der Waals surface area contributed by atoms with Crippen LogP contribution in [0.25, 0.3) is 0 Å². The highest BCUT2D eigenvalue weighted by Crippen LogP contribution is 2.41. The Kier molecular flexibility index (Phi) is 1.13. The van der Waals surface area contributed by atoms with Crippen molar-refractivity contribution in [3.63, 3.8) is 0 Å². The van der Waals surface area contributed by atoms with Crippen LogP contribution in [0, 0.1) is 0 Å². The molecule has 1 aliphatic carbocycles. The van der Waals surface area contributed by atoms with Crippen molar-refractivity contribution in [2.75, 3.05) is 0 Å². The van der Waals surface area contributed by atoms with Crippen molar-refractivity contribution >= 4 is 6.29 Å². The van der Waals surface area contributed by atoms with E-state index in [1.807, 2.05) is 0 Å². The van der Waals surface area contributed by atoms with Crippen LogP contribution < -0.4 is 0 Å². The van der Waals surface area contributed by atoms with Crippen molar-refractivity contribution in [3.05, 3.63) is 23.7 Å². The highest BCUT2D eigenvalue weighted by atomic mass is 16.3. The Morgan fingerprint density at radius 3 is 2.90 bits per heavy atom. The zero-order chi connectivity index (χ0) is 6.97. The fourth-order valence-electron chi connectivity index (χ4n) is 1.14. The SMILES string of the molecule is O=Cc1cocc1C1CC1. The first kappa shape index (κ1) is 5.71. The molecule has 0 aliphatic heterocycles. The number of aldehydes is 1. The summed E-state index contributed by atoms with van der Waals surface area (Å²) in [5.74, 6) is 0.610. The molecular weight excluding hydrogens is 128 g/mol. The van der Waals surface area contributed by atoms with E-state index in [0.717, 1.165) is 17.4 Å². The predicted octanol–water partition coefficient (Wildman–Crippen LogP) is 1.97. The number of carbonyl (C=O) groups is 1. The third-order valence-corrected chi connectivity index (χ3v) is 1.87. The van der Waals surface area contributed by atoms with E-state index in [1.54, 1.807) is 6.26 Å². The smallest absolute Gasteiger partial charge is 0.153 e. The van der Waals surface area contributed by atoms with Crippen LogP contribution >= 0.6 is 0 Å². The van der Waals surface area contributed by atoms with Crippen molar-refractivity contribution in [2.24, 2.45) is 0 Å². The van der Waals surface area contributed by atoms with Gasteiger partial charge in [0.1, 0.15) is 6.26 Å². The van der Waals surface area contributed by atoms with Crippen LogP contribution in [0.2, 0.25) is 0 Å². The van der Waals surface area contributed by atoms with Gasteiger partial charge in [0.25, 0.3) is 0 Å². The molecule has 52 valence electrons. The van der Waals surface area contributed by atoms with Gasteiger partial charge < -0.3 is 4.42 Å². The number of hydrogen-bond acceptors (Lipinski definition) is 2. The molecule has 1 aliphatic rings. The summed E-state index contributed by atoms with van der Waals surface area (Å²) in [6, 6.07) is 0. The van der Waals surface area contributed by atoms with Crippen molar-refractivity contribution in [3.8, 4) is 0 Å². The fraction of sp³-hybridized carbons (Fsp3) is 0.375. The van der Waals surface area contributed by atoms with Gasteiger partial charge in [0.15, 0.2) is 6.29 Å². The molecule has 0 bridgehead atoms. The molecule has 1 fully saturated rings. The molecule has 1 heterocycles. The maximum absolute atomic E-state index is 10.4. The van der Waals surface area contributed by atoms with Gasteiger partial charge in [-0.3, -0.25) is 4.79 Å². The zero-order valence-corrected chi connectivity index (χ0v) is 5.54. The van der Waals surface area contributed by atoms with Crippen LogP contribution in [0.1, 0.15) is 34.7 Å². The molecule has 1 aromatic rings. The van der Waals surface area contributed by atoms with E-state index in [0.29, 0.717) is 5.92 Å². The highest BCUT2D eigenvalue weighted by molar-refractivity contribution is 5.77. The molecule has 0 N–H and O–H groups in total. The Labute approximate surface area is 58.8 Å². The molecule has 0 saturated heterocycles. The van der Waals surface area contributed by atoms with Crippen molar-refractivity contribution in [1.82, 2.24) is 0 Å². The topological polar surface area (TPSA) is 30.2 Å². The minimum Gasteiger partial charge on any atom is -0.472 e. The Hall–Kier alpha value is -1.05. The first-order chi connectivity index (χ1) is 4.92. The Morgan fingerprint density at radius 1 is 1.50 bits per heavy atom. The number of rotatable bonds is 2. The summed E-state index contributed by atoms with van der Waals surface area (Å²) in [7, 11) is 0. The summed E-state index contributed by atoms with van der Waals surface area (Å²) in [5.41, 5.74) is 1.82. The molecule has 0 amide bonds. The third-order valence-electron chi connectivity index (χ3n) is 1.87. The molecule has 1 saturated carbocycles. The molecule has 10 heavy (non-hydrogen) atoms. The molecule has 2 rings (SSSR count). The second kappa shape index (κ2) is 1.97. The van der Waals surface area contributed by atoms with Crippen LogP contribution in [0.5, 0.6) is 0 Å². The summed E-state index contributed by atoms with van der Waals surface area (Å²) in [6.45, 7) is 0. The van der Waals surface area contributed by atoms with Crippen LogP contribution in [-0.2, 0) is 0 Å². The van der Waals surface area contributed by atoms with E-state index in [-0.39, 0.29) is 0 Å². The lowest BCUT2D eigenvalue weighted by Gasteiger charge is -1.87. The summed E-state index contributed by atoms with van der Waals surface area (Å²) in [5, 5.41) is 0. The van der Waals surface area contributed by atoms with Gasteiger partial charge in [-0.05, 0) is 18.8 Å². The Morgan fingerprint density at radius 2 is 2.30 bits per heavy atom. The van der Waals surface area contributed by atoms with Gasteiger partial charge in [-0.15, -0.1) is 0 Å². The summed E-state index contributed by atoms with van der Waals surface area (Å²) < 4.78 is 4.91. The zero-order valence-electron chi connectivity index (χ0n) is 5.54. The number of carbonyl (C=O) groups excluding carboxylic acids is 1. The Bertz CT molecular complexity index is 246. The van der Waals surface area contributed by atoms with Gasteiger partial charge in [-0.2, -0.15) is 0 Å². The molecule has 2 heteroatoms. The lowest BCUT2D eigenvalue weighted by atomic mass is 10.1. The quantitative estimate of drug-likeness (QED) is 0.582. The summed E-state index contributed by atoms with van der Waals surface area (Å²) in [6.07, 6.45) is 6.47. The normalized spacial score (nSPS) is 17.2. The minimum absolute atomic E-state index is 0.610. The van der Waals surface area contributed by atoms with Crippen molar-refractivity contribution < 1.29 is 9.21 Å². The van der Waals surface area contributed by atoms with Gasteiger partial charge >= 0.3 is 0 Å². The van der Waals surface area contributed by atoms with E-state index in [4.69, 9.17) is 4.42 Å². The summed E-state index contributed by atoms with van der Waals surface area (Å²) in [4.78, 5) is 10.4. The Balaban J connectivity index is 2.37. The molecule has 0 unspecified atom stereocenters. The molecule has 0 atom stereocenters. The van der Waals surface area contributed by atoms with Gasteiger partial charge in [0, 0.05) is 5.56 Å². The van der Waals surface area contributed by atoms with Crippen molar-refractivity contribution in [2.45, 2.75) is 18.8 Å². The minimum atomic E-state index is 0.610. The van der Waals surface area contributed by atoms with Crippen LogP contribution in [0.3, 0.4) is 0 Å². The molecule has 1 aromatic heterocycles. The first-order valence-corrected chi connectivity index (χ1v) is 3.43. The van der Waals surface area contributed by atoms with Crippen LogP contribution in [0.4, 0.5) is 0 Å². The number of hydrogen-bond donors (Lipinski definition) is 0. The summed E-state index contributed by atoms with van der Waals surface area (Å²) >= 11 is 0. The monoisotopic (exact) mass is 136 g/mol. The standard InChI is InChI=1S/C8H8O2/c9-3-7-4-10-5-8(7)6-1-2-6/h3-6H,1-2H2. The first-order valence-electron chi connectivity index (χ1n) is 3.43. The largest absolute Gasteiger partial charge is 0.472 e. The van der Waals surface area contributed by atoms with E-state index < -0.39 is 0 Å². The van der Waals surface area contributed by atoms with Gasteiger partial charge in [0.2, 0.25) is 0 Å². The van der Waals surface area contributed by atoms with Gasteiger partial charge in [-0.25, -0.2) is 0 Å². The van der Waals surface area contributed by atoms with E-state index >= 15 is 0 Å². The average Bonchev–Trinajstić information content (AvgIpc) is 2.69. The van der Waals surface area contributed by atoms with E-state index in [9.17, 15) is 4.79 Å². The van der Waals surface area contributed by atoms with Gasteiger partial charge in [-0.1, -0.05) is 0 Å². The molecule has 2 nitrogen and oxygen atoms in total. The highest BCUT2D eigenvalue weighted by Gasteiger charge is 2.26. The average molecular weight is 136 g/mol. The molecule has 0 spiro atoms. The number of furan rings is 1. The van der Waals surface area contributed by atoms with Crippen molar-refractivity contribution in [1.29, 1.82) is 0 Å². The maximum Gasteiger partial charge on any atom is 0.153 e. The third kappa shape index (κ3) is 0.764. The van der Waals surface area contributed by atoms with E-state index in [2.05, 4.69) is 0 Å². The second-order valence-corrected chi connectivity index (χ2v) is 2.67. The molecule has 0 radical (unpaired) electrons. The molecular formula is C8H8O2. The van der Waals surface area contributed by atoms with Crippen LogP contribution in [0.15, 0.2) is 16.9 Å². The van der Waals surface area contributed by atoms with Crippen LogP contribution in [-0.4, -0.2) is 6.29 Å². The lowest BCUT2D eigenvalue weighted by molar-refractivity contribution is 0.112. The lowest BCUT2D eigenvalue weighted by Crippen LogP contribution is -1.81. The fourth-order valence-corrected chi connectivity index (χ4v) is 1.14. The predicted molar refractivity (Wildman–Crippen MR) is 36.1 cm³/mol. The second-order valence-electron chi connectivity index (χ2n) is 2.67. The van der Waals surface area contributed by atoms with Gasteiger partial charge in [0.05, 0.1) is 11.8 Å². The molecule has 0 aromatic carbocycles. The maximum atomic E-state index is 10.4.